The van der Waals surface area contributed by atoms with Crippen LogP contribution in [0.15, 0.2) is 24.4 Å². The normalized spacial score (nSPS) is 21.3. The van der Waals surface area contributed by atoms with E-state index in [0.29, 0.717) is 5.92 Å². The second-order valence-electron chi connectivity index (χ2n) is 4.19. The van der Waals surface area contributed by atoms with Gasteiger partial charge in [-0.25, -0.2) is 4.98 Å². The summed E-state index contributed by atoms with van der Waals surface area (Å²) in [4.78, 5) is 4.69. The molecular formula is C12H15N3. The highest BCUT2D eigenvalue weighted by Crippen LogP contribution is 2.25. The molecule has 1 aliphatic heterocycles. The minimum Gasteiger partial charge on any atom is -0.316 e. The Labute approximate surface area is 89.1 Å². The van der Waals surface area contributed by atoms with Gasteiger partial charge in [0, 0.05) is 18.7 Å². The van der Waals surface area contributed by atoms with Gasteiger partial charge < -0.3 is 9.72 Å². The van der Waals surface area contributed by atoms with Crippen molar-refractivity contribution in [3.63, 3.8) is 0 Å². The van der Waals surface area contributed by atoms with Crippen molar-refractivity contribution < 1.29 is 0 Å². The molecule has 78 valence electrons. The molecule has 1 atom stereocenters. The summed E-state index contributed by atoms with van der Waals surface area (Å²) < 4.78 is 2.17. The lowest BCUT2D eigenvalue weighted by Crippen LogP contribution is -2.08. The molecule has 0 radical (unpaired) electrons. The van der Waals surface area contributed by atoms with Gasteiger partial charge >= 0.3 is 0 Å². The molecule has 0 aliphatic carbocycles. The highest BCUT2D eigenvalue weighted by molar-refractivity contribution is 5.54. The molecule has 15 heavy (non-hydrogen) atoms. The van der Waals surface area contributed by atoms with Crippen LogP contribution in [0.4, 0.5) is 0 Å². The summed E-state index contributed by atoms with van der Waals surface area (Å²) >= 11 is 0. The van der Waals surface area contributed by atoms with Crippen LogP contribution in [-0.4, -0.2) is 22.5 Å². The van der Waals surface area contributed by atoms with Crippen molar-refractivity contribution in [2.45, 2.75) is 19.3 Å². The fourth-order valence-corrected chi connectivity index (χ4v) is 2.41. The maximum absolute atomic E-state index is 4.69. The van der Waals surface area contributed by atoms with Gasteiger partial charge in [0.15, 0.2) is 0 Å². The zero-order chi connectivity index (χ0) is 10.3. The van der Waals surface area contributed by atoms with E-state index >= 15 is 0 Å². The summed E-state index contributed by atoms with van der Waals surface area (Å²) in [6.07, 6.45) is 3.30. The van der Waals surface area contributed by atoms with Gasteiger partial charge in [-0.1, -0.05) is 6.07 Å². The molecule has 1 fully saturated rings. The highest BCUT2D eigenvalue weighted by Gasteiger charge is 2.21. The molecule has 0 amide bonds. The van der Waals surface area contributed by atoms with Crippen molar-refractivity contribution in [1.82, 2.24) is 14.7 Å². The monoisotopic (exact) mass is 201 g/mol. The van der Waals surface area contributed by atoms with Gasteiger partial charge in [0.05, 0.1) is 11.2 Å². The molecule has 0 aromatic carbocycles. The van der Waals surface area contributed by atoms with Crippen LogP contribution in [0.2, 0.25) is 0 Å². The van der Waals surface area contributed by atoms with Crippen LogP contribution in [0.5, 0.6) is 0 Å². The summed E-state index contributed by atoms with van der Waals surface area (Å²) in [6.45, 7) is 4.26. The van der Waals surface area contributed by atoms with Crippen LogP contribution in [0, 0.1) is 6.92 Å². The molecule has 3 rings (SSSR count). The Morgan fingerprint density at radius 2 is 2.40 bits per heavy atom. The highest BCUT2D eigenvalue weighted by atomic mass is 15.0. The van der Waals surface area contributed by atoms with E-state index in [1.807, 2.05) is 0 Å². The fraction of sp³-hybridized carbons (Fsp3) is 0.417. The first-order valence-electron chi connectivity index (χ1n) is 5.50. The molecule has 3 heteroatoms. The Hall–Kier alpha value is -1.35. The van der Waals surface area contributed by atoms with Gasteiger partial charge in [0.1, 0.15) is 5.82 Å². The number of nitrogens with zero attached hydrogens (tertiary/aromatic N) is 2. The van der Waals surface area contributed by atoms with Gasteiger partial charge in [-0.3, -0.25) is 0 Å². The number of imidazole rings is 1. The van der Waals surface area contributed by atoms with E-state index in [-0.39, 0.29) is 0 Å². The molecule has 1 aliphatic rings. The fourth-order valence-electron chi connectivity index (χ4n) is 2.41. The molecule has 1 N–H and O–H groups in total. The maximum Gasteiger partial charge on any atom is 0.110 e. The summed E-state index contributed by atoms with van der Waals surface area (Å²) in [7, 11) is 0. The molecule has 0 saturated carbocycles. The van der Waals surface area contributed by atoms with E-state index in [0.717, 1.165) is 18.9 Å². The van der Waals surface area contributed by atoms with Crippen molar-refractivity contribution in [1.29, 1.82) is 0 Å². The first-order chi connectivity index (χ1) is 7.36. The number of rotatable bonds is 1. The first-order valence-corrected chi connectivity index (χ1v) is 5.50. The third kappa shape index (κ3) is 1.35. The average Bonchev–Trinajstić information content (AvgIpc) is 2.87. The van der Waals surface area contributed by atoms with Gasteiger partial charge in [0.2, 0.25) is 0 Å². The summed E-state index contributed by atoms with van der Waals surface area (Å²) in [5.41, 5.74) is 2.53. The first kappa shape index (κ1) is 8.92. The topological polar surface area (TPSA) is 29.3 Å². The minimum atomic E-state index is 0.594. The van der Waals surface area contributed by atoms with Crippen LogP contribution < -0.4 is 5.32 Å². The van der Waals surface area contributed by atoms with Crippen molar-refractivity contribution in [2.75, 3.05) is 13.1 Å². The molecular weight excluding hydrogens is 186 g/mol. The van der Waals surface area contributed by atoms with Gasteiger partial charge in [0.25, 0.3) is 0 Å². The SMILES string of the molecule is Cc1nc(C2CCNC2)c2ccccn12. The third-order valence-corrected chi connectivity index (χ3v) is 3.20. The Balaban J connectivity index is 2.17. The largest absolute Gasteiger partial charge is 0.316 e. The Morgan fingerprint density at radius 1 is 1.47 bits per heavy atom. The van der Waals surface area contributed by atoms with Crippen molar-refractivity contribution in [2.24, 2.45) is 0 Å². The van der Waals surface area contributed by atoms with Crippen LogP contribution in [0.3, 0.4) is 0 Å². The van der Waals surface area contributed by atoms with Crippen molar-refractivity contribution >= 4 is 5.52 Å². The molecule has 2 aromatic heterocycles. The zero-order valence-electron chi connectivity index (χ0n) is 8.90. The van der Waals surface area contributed by atoms with Crippen LogP contribution >= 0.6 is 0 Å². The minimum absolute atomic E-state index is 0.594. The quantitative estimate of drug-likeness (QED) is 0.761. The van der Waals surface area contributed by atoms with Crippen molar-refractivity contribution in [3.05, 3.63) is 35.9 Å². The lowest BCUT2D eigenvalue weighted by atomic mass is 10.0. The second-order valence-corrected chi connectivity index (χ2v) is 4.19. The number of aryl methyl sites for hydroxylation is 1. The van der Waals surface area contributed by atoms with Crippen LogP contribution in [-0.2, 0) is 0 Å². The predicted molar refractivity (Wildman–Crippen MR) is 60.2 cm³/mol. The molecule has 1 unspecified atom stereocenters. The van der Waals surface area contributed by atoms with Gasteiger partial charge in [-0.2, -0.15) is 0 Å². The molecule has 0 bridgehead atoms. The second kappa shape index (κ2) is 3.35. The van der Waals surface area contributed by atoms with E-state index in [4.69, 9.17) is 4.98 Å². The maximum atomic E-state index is 4.69. The molecule has 3 heterocycles. The number of nitrogens with one attached hydrogen (secondary N) is 1. The average molecular weight is 201 g/mol. The molecule has 1 saturated heterocycles. The lowest BCUT2D eigenvalue weighted by Gasteiger charge is -2.04. The standard InChI is InChI=1S/C12H15N3/c1-9-14-12(10-5-6-13-8-10)11-4-2-3-7-15(9)11/h2-4,7,10,13H,5-6,8H2,1H3. The van der Waals surface area contributed by atoms with Crippen LogP contribution in [0.1, 0.15) is 23.9 Å². The van der Waals surface area contributed by atoms with E-state index in [2.05, 4.69) is 41.0 Å². The molecule has 0 spiro atoms. The number of fused-ring (bicyclic) bond motifs is 1. The molecule has 2 aromatic rings. The third-order valence-electron chi connectivity index (χ3n) is 3.20. The van der Waals surface area contributed by atoms with E-state index in [1.54, 1.807) is 0 Å². The van der Waals surface area contributed by atoms with Crippen LogP contribution in [0.25, 0.3) is 5.52 Å². The summed E-state index contributed by atoms with van der Waals surface area (Å²) in [5.74, 6) is 1.68. The van der Waals surface area contributed by atoms with Gasteiger partial charge in [-0.05, 0) is 32.0 Å². The Bertz CT molecular complexity index is 481. The number of pyridine rings is 1. The summed E-state index contributed by atoms with van der Waals surface area (Å²) in [5, 5.41) is 3.40. The number of aromatic nitrogens is 2. The van der Waals surface area contributed by atoms with E-state index in [9.17, 15) is 0 Å². The number of hydrogen-bond donors (Lipinski definition) is 1. The van der Waals surface area contributed by atoms with Crippen molar-refractivity contribution in [3.8, 4) is 0 Å². The van der Waals surface area contributed by atoms with Gasteiger partial charge in [-0.15, -0.1) is 0 Å². The Kier molecular flexibility index (Phi) is 1.99. The zero-order valence-corrected chi connectivity index (χ0v) is 8.90. The lowest BCUT2D eigenvalue weighted by molar-refractivity contribution is 0.744. The Morgan fingerprint density at radius 3 is 3.20 bits per heavy atom. The molecule has 3 nitrogen and oxygen atoms in total. The predicted octanol–water partition coefficient (Wildman–Crippen LogP) is 1.72. The number of hydrogen-bond acceptors (Lipinski definition) is 2. The van der Waals surface area contributed by atoms with E-state index < -0.39 is 0 Å². The summed E-state index contributed by atoms with van der Waals surface area (Å²) in [6, 6.07) is 6.30. The smallest absolute Gasteiger partial charge is 0.110 e. The van der Waals surface area contributed by atoms with E-state index in [1.165, 1.54) is 17.6 Å².